The number of carboxylic acids is 1. The first-order chi connectivity index (χ1) is 26.2. The van der Waals surface area contributed by atoms with Crippen LogP contribution in [0.1, 0.15) is 58.7 Å². The first-order valence-corrected chi connectivity index (χ1v) is 18.6. The van der Waals surface area contributed by atoms with E-state index in [0.717, 1.165) is 88.1 Å². The van der Waals surface area contributed by atoms with E-state index in [1.165, 1.54) is 0 Å². The smallest absolute Gasteiger partial charge is 0.307 e. The molecule has 3 aromatic carbocycles. The second kappa shape index (κ2) is 13.6. The quantitative estimate of drug-likeness (QED) is 0.153. The molecule has 0 radical (unpaired) electrons. The van der Waals surface area contributed by atoms with Crippen molar-refractivity contribution >= 4 is 39.6 Å². The van der Waals surface area contributed by atoms with E-state index in [1.807, 2.05) is 42.6 Å². The molecule has 1 aliphatic carbocycles. The number of fused-ring (bicyclic) bond motifs is 3. The van der Waals surface area contributed by atoms with Crippen molar-refractivity contribution in [3.8, 4) is 28.7 Å². The molecule has 0 saturated carbocycles. The third kappa shape index (κ3) is 5.94. The second-order valence-corrected chi connectivity index (χ2v) is 14.9. The van der Waals surface area contributed by atoms with E-state index in [-0.39, 0.29) is 18.1 Å². The molecule has 0 amide bonds. The Balaban J connectivity index is 1.01. The maximum absolute atomic E-state index is 11.7. The number of hydrogen-bond acceptors (Lipinski definition) is 11. The minimum atomic E-state index is -0.747. The van der Waals surface area contributed by atoms with Crippen LogP contribution in [0.5, 0.6) is 0 Å². The van der Waals surface area contributed by atoms with Gasteiger partial charge in [-0.15, -0.1) is 0 Å². The van der Waals surface area contributed by atoms with Crippen LogP contribution in [0.3, 0.4) is 0 Å². The van der Waals surface area contributed by atoms with Crippen LogP contribution in [0.25, 0.3) is 44.7 Å². The highest BCUT2D eigenvalue weighted by Gasteiger charge is 2.37. The highest BCUT2D eigenvalue weighted by Crippen LogP contribution is 2.44. The molecule has 3 atom stereocenters. The zero-order valence-electron chi connectivity index (χ0n) is 30.2. The predicted octanol–water partition coefficient (Wildman–Crippen LogP) is 6.69. The van der Waals surface area contributed by atoms with Gasteiger partial charge in [-0.25, -0.2) is 15.0 Å². The van der Waals surface area contributed by atoms with Crippen LogP contribution in [0.15, 0.2) is 65.5 Å². The van der Waals surface area contributed by atoms with Crippen LogP contribution in [-0.2, 0) is 17.8 Å². The Kier molecular flexibility index (Phi) is 8.57. The van der Waals surface area contributed by atoms with Gasteiger partial charge in [0.2, 0.25) is 5.89 Å². The van der Waals surface area contributed by atoms with E-state index in [4.69, 9.17) is 14.4 Å². The number of carboxylic acid groups (broad SMARTS) is 1. The molecule has 2 fully saturated rings. The minimum absolute atomic E-state index is 0.0686. The van der Waals surface area contributed by atoms with Gasteiger partial charge in [-0.2, -0.15) is 5.26 Å². The van der Waals surface area contributed by atoms with E-state index >= 15 is 0 Å². The fourth-order valence-electron chi connectivity index (χ4n) is 8.74. The van der Waals surface area contributed by atoms with Crippen molar-refractivity contribution in [2.75, 3.05) is 31.5 Å². The molecule has 3 N–H and O–H groups in total. The van der Waals surface area contributed by atoms with Gasteiger partial charge < -0.3 is 19.9 Å². The monoisotopic (exact) mass is 720 g/mol. The van der Waals surface area contributed by atoms with E-state index in [0.29, 0.717) is 59.9 Å². The van der Waals surface area contributed by atoms with Crippen LogP contribution in [0, 0.1) is 31.1 Å². The summed E-state index contributed by atoms with van der Waals surface area (Å²) < 4.78 is 6.43. The summed E-state index contributed by atoms with van der Waals surface area (Å²) in [5, 5.41) is 33.4. The van der Waals surface area contributed by atoms with Crippen LogP contribution in [0.2, 0.25) is 0 Å². The van der Waals surface area contributed by atoms with Gasteiger partial charge in [-0.1, -0.05) is 24.3 Å². The fraction of sp³-hybridized carbons (Fsp3) is 0.333. The number of nitriles is 1. The van der Waals surface area contributed by atoms with Gasteiger partial charge in [-0.05, 0) is 109 Å². The largest absolute Gasteiger partial charge is 0.481 e. The van der Waals surface area contributed by atoms with Crippen LogP contribution >= 0.6 is 0 Å². The predicted molar refractivity (Wildman–Crippen MR) is 204 cm³/mol. The number of rotatable bonds is 8. The van der Waals surface area contributed by atoms with Crippen LogP contribution in [0.4, 0.5) is 11.5 Å². The van der Waals surface area contributed by atoms with Gasteiger partial charge in [-0.3, -0.25) is 19.6 Å². The number of nitrogens with one attached hydrogen (secondary N) is 1. The molecule has 272 valence electrons. The van der Waals surface area contributed by atoms with Crippen molar-refractivity contribution in [1.29, 1.82) is 5.26 Å². The lowest BCUT2D eigenvalue weighted by molar-refractivity contribution is -0.141. The highest BCUT2D eigenvalue weighted by atomic mass is 16.4. The van der Waals surface area contributed by atoms with E-state index in [9.17, 15) is 20.3 Å². The maximum Gasteiger partial charge on any atom is 0.307 e. The number of likely N-dealkylation sites (tertiary alicyclic amines) is 2. The molecule has 9 rings (SSSR count). The summed E-state index contributed by atoms with van der Waals surface area (Å²) in [4.78, 5) is 34.9. The number of aliphatic carboxylic acids is 1. The van der Waals surface area contributed by atoms with Crippen molar-refractivity contribution in [3.05, 3.63) is 94.4 Å². The van der Waals surface area contributed by atoms with Gasteiger partial charge >= 0.3 is 5.97 Å². The van der Waals surface area contributed by atoms with E-state index in [1.54, 1.807) is 6.33 Å². The topological polar surface area (TPSA) is 165 Å². The molecule has 0 bridgehead atoms. The standard InChI is InChI=1S/C42H40N8O4/c1-23-28(29-6-4-8-34(24(29)2)47-40-38-35(45-22-46-40)15-25(18-44-38)19-49-13-12-27(51)21-49)5-3-7-30(23)41-48-36-16-32-31(33(17-43)39(36)54-41)9-10-37(32)50-14-11-26(20-50)42(52)53/h3-8,15-16,18,22,26-27,37,51H,9-14,19-21H2,1-2H3,(H,52,53)(H,45,46,47)/t26-,27-,37-/m1/s1. The number of oxazole rings is 1. The molecule has 2 saturated heterocycles. The molecule has 12 heteroatoms. The second-order valence-electron chi connectivity index (χ2n) is 14.9. The Morgan fingerprint density at radius 1 is 0.981 bits per heavy atom. The number of aliphatic hydroxyl groups excluding tert-OH is 1. The van der Waals surface area contributed by atoms with Gasteiger partial charge in [0.25, 0.3) is 0 Å². The maximum atomic E-state index is 11.7. The zero-order valence-corrected chi connectivity index (χ0v) is 30.2. The van der Waals surface area contributed by atoms with Crippen molar-refractivity contribution in [1.82, 2.24) is 29.7 Å². The molecule has 3 aliphatic rings. The van der Waals surface area contributed by atoms with Gasteiger partial charge in [0.05, 0.1) is 17.5 Å². The Morgan fingerprint density at radius 3 is 2.57 bits per heavy atom. The normalized spacial score (nSPS) is 20.1. The summed E-state index contributed by atoms with van der Waals surface area (Å²) in [5.41, 5.74) is 12.0. The summed E-state index contributed by atoms with van der Waals surface area (Å²) in [6.45, 7) is 7.65. The Morgan fingerprint density at radius 2 is 1.80 bits per heavy atom. The molecular formula is C42H40N8O4. The zero-order chi connectivity index (χ0) is 37.1. The number of hydrogen-bond donors (Lipinski definition) is 3. The first-order valence-electron chi connectivity index (χ1n) is 18.6. The lowest BCUT2D eigenvalue weighted by Gasteiger charge is -2.24. The summed E-state index contributed by atoms with van der Waals surface area (Å²) in [5.74, 6) is -0.0295. The number of nitrogens with zero attached hydrogens (tertiary/aromatic N) is 7. The minimum Gasteiger partial charge on any atom is -0.481 e. The lowest BCUT2D eigenvalue weighted by atomic mass is 9.93. The lowest BCUT2D eigenvalue weighted by Crippen LogP contribution is -2.26. The number of benzene rings is 3. The fourth-order valence-corrected chi connectivity index (χ4v) is 8.74. The molecule has 6 aromatic rings. The summed E-state index contributed by atoms with van der Waals surface area (Å²) in [6, 6.07) is 18.8. The van der Waals surface area contributed by atoms with Crippen molar-refractivity contribution in [2.24, 2.45) is 5.92 Å². The van der Waals surface area contributed by atoms with Crippen molar-refractivity contribution in [3.63, 3.8) is 0 Å². The van der Waals surface area contributed by atoms with Gasteiger partial charge in [0.15, 0.2) is 11.4 Å². The SMILES string of the molecule is Cc1c(Nc2ncnc3cc(CN4CC[C@@H](O)C4)cnc23)cccc1-c1cccc(-c2nc3cc4c(c(C#N)c3o2)CC[C@H]4N2CC[C@@H](C(=O)O)C2)c1C. The Labute approximate surface area is 312 Å². The van der Waals surface area contributed by atoms with Crippen LogP contribution in [-0.4, -0.2) is 78.2 Å². The molecule has 3 aromatic heterocycles. The number of pyridine rings is 1. The molecule has 12 nitrogen and oxygen atoms in total. The summed E-state index contributed by atoms with van der Waals surface area (Å²) in [7, 11) is 0. The van der Waals surface area contributed by atoms with Gasteiger partial charge in [0, 0.05) is 49.7 Å². The third-order valence-corrected chi connectivity index (χ3v) is 11.6. The number of β-amino-alcohol motifs (C(OH)–C–C–N with tert-alkyl or cyclic N) is 1. The third-order valence-electron chi connectivity index (χ3n) is 11.6. The molecule has 54 heavy (non-hydrogen) atoms. The highest BCUT2D eigenvalue weighted by molar-refractivity contribution is 5.90. The number of carbonyl (C=O) groups is 1. The number of anilines is 2. The molecular weight excluding hydrogens is 681 g/mol. The molecule has 0 spiro atoms. The van der Waals surface area contributed by atoms with Crippen LogP contribution < -0.4 is 5.32 Å². The average molecular weight is 721 g/mol. The Hall–Kier alpha value is -5.74. The number of aromatic nitrogens is 4. The number of aliphatic hydroxyl groups is 1. The summed E-state index contributed by atoms with van der Waals surface area (Å²) >= 11 is 0. The average Bonchev–Trinajstić information content (AvgIpc) is 3.99. The van der Waals surface area contributed by atoms with Crippen molar-refractivity contribution in [2.45, 2.75) is 58.2 Å². The molecule has 0 unspecified atom stereocenters. The van der Waals surface area contributed by atoms with E-state index < -0.39 is 5.97 Å². The van der Waals surface area contributed by atoms with Crippen molar-refractivity contribution < 1.29 is 19.4 Å². The molecule has 5 heterocycles. The van der Waals surface area contributed by atoms with Gasteiger partial charge in [0.1, 0.15) is 29.0 Å². The van der Waals surface area contributed by atoms with E-state index in [2.05, 4.69) is 57.1 Å². The first kappa shape index (κ1) is 34.1. The molecule has 2 aliphatic heterocycles. The summed E-state index contributed by atoms with van der Waals surface area (Å²) in [6.07, 6.45) is 6.17. The Bertz CT molecular complexity index is 2510.